The van der Waals surface area contributed by atoms with E-state index in [0.717, 1.165) is 66.6 Å². The Morgan fingerprint density at radius 2 is 2.03 bits per heavy atom. The van der Waals surface area contributed by atoms with E-state index in [1.165, 1.54) is 0 Å². The number of aromatic nitrogens is 2. The third-order valence-corrected chi connectivity index (χ3v) is 8.13. The zero-order valence-electron chi connectivity index (χ0n) is 20.9. The molecule has 0 bridgehead atoms. The molecule has 2 aromatic rings. The van der Waals surface area contributed by atoms with Crippen LogP contribution in [0.5, 0.6) is 0 Å². The van der Waals surface area contributed by atoms with E-state index in [0.29, 0.717) is 11.6 Å². The molecular formula is C28H38N4O2. The van der Waals surface area contributed by atoms with Crippen LogP contribution in [0.25, 0.3) is 0 Å². The minimum absolute atomic E-state index is 0.0304. The average molecular weight is 463 g/mol. The quantitative estimate of drug-likeness (QED) is 0.501. The molecule has 2 aliphatic carbocycles. The van der Waals surface area contributed by atoms with Gasteiger partial charge in [-0.25, -0.2) is 0 Å². The van der Waals surface area contributed by atoms with Crippen molar-refractivity contribution < 1.29 is 9.90 Å². The lowest BCUT2D eigenvalue weighted by molar-refractivity contribution is -0.129. The standard InChI is InChI=1S/C28H38N4O2/c1-6-29-25(22-10-14-30-19(22)4)21-7-8-23(28(11-9-21)12-13-28)27(34)32-20(5)26(33)24-15-17(2)18(3)16-31-24/h6,10,14-16,20-21,23,26,30,33H,1,7-9,11-13H2,2-5H3,(H,32,34)/t20-,21?,23+,26+/m0/s1. The molecule has 2 fully saturated rings. The molecule has 0 aromatic carbocycles. The molecule has 0 aliphatic heterocycles. The summed E-state index contributed by atoms with van der Waals surface area (Å²) in [6, 6.07) is 3.59. The highest BCUT2D eigenvalue weighted by Crippen LogP contribution is 2.59. The minimum Gasteiger partial charge on any atom is -0.385 e. The van der Waals surface area contributed by atoms with E-state index >= 15 is 0 Å². The molecule has 1 unspecified atom stereocenters. The summed E-state index contributed by atoms with van der Waals surface area (Å²) in [5, 5.41) is 14.0. The Morgan fingerprint density at radius 3 is 2.65 bits per heavy atom. The summed E-state index contributed by atoms with van der Waals surface area (Å²) in [5.41, 5.74) is 6.21. The van der Waals surface area contributed by atoms with Crippen molar-refractivity contribution in [3.8, 4) is 0 Å². The first kappa shape index (κ1) is 24.4. The van der Waals surface area contributed by atoms with Gasteiger partial charge in [-0.2, -0.15) is 0 Å². The number of rotatable bonds is 7. The molecule has 34 heavy (non-hydrogen) atoms. The van der Waals surface area contributed by atoms with Crippen LogP contribution in [0.1, 0.15) is 79.6 Å². The predicted molar refractivity (Wildman–Crippen MR) is 136 cm³/mol. The number of aliphatic hydroxyl groups excluding tert-OH is 1. The van der Waals surface area contributed by atoms with Gasteiger partial charge in [-0.3, -0.25) is 14.8 Å². The van der Waals surface area contributed by atoms with E-state index in [-0.39, 0.29) is 17.2 Å². The highest BCUT2D eigenvalue weighted by molar-refractivity contribution is 6.03. The van der Waals surface area contributed by atoms with Crippen molar-refractivity contribution in [3.63, 3.8) is 0 Å². The van der Waals surface area contributed by atoms with Crippen LogP contribution >= 0.6 is 0 Å². The topological polar surface area (TPSA) is 90.4 Å². The second kappa shape index (κ2) is 9.87. The largest absolute Gasteiger partial charge is 0.385 e. The van der Waals surface area contributed by atoms with Crippen LogP contribution in [0, 0.1) is 38.0 Å². The van der Waals surface area contributed by atoms with Crippen LogP contribution in [0.3, 0.4) is 0 Å². The number of hydrogen-bond acceptors (Lipinski definition) is 4. The second-order valence-electron chi connectivity index (χ2n) is 10.4. The van der Waals surface area contributed by atoms with Crippen molar-refractivity contribution in [3.05, 3.63) is 65.4 Å². The molecule has 2 heterocycles. The van der Waals surface area contributed by atoms with Gasteiger partial charge in [-0.1, -0.05) is 6.58 Å². The summed E-state index contributed by atoms with van der Waals surface area (Å²) in [5.74, 6) is 0.344. The van der Waals surface area contributed by atoms with Crippen molar-refractivity contribution in [2.75, 3.05) is 0 Å². The number of nitrogens with one attached hydrogen (secondary N) is 2. The van der Waals surface area contributed by atoms with E-state index < -0.39 is 12.1 Å². The van der Waals surface area contributed by atoms with Gasteiger partial charge >= 0.3 is 0 Å². The maximum Gasteiger partial charge on any atom is 0.223 e. The molecule has 1 amide bonds. The molecule has 2 aromatic heterocycles. The van der Waals surface area contributed by atoms with Gasteiger partial charge in [0.2, 0.25) is 5.91 Å². The fraction of sp³-hybridized carbons (Fsp3) is 0.536. The number of hydrogen-bond donors (Lipinski definition) is 3. The Balaban J connectivity index is 1.46. The number of pyridine rings is 1. The highest BCUT2D eigenvalue weighted by Gasteiger charge is 2.53. The highest BCUT2D eigenvalue weighted by atomic mass is 16.3. The maximum absolute atomic E-state index is 13.5. The van der Waals surface area contributed by atoms with Crippen LogP contribution in [-0.4, -0.2) is 32.7 Å². The molecular weight excluding hydrogens is 424 g/mol. The lowest BCUT2D eigenvalue weighted by Crippen LogP contribution is -2.43. The zero-order chi connectivity index (χ0) is 24.5. The Kier molecular flexibility index (Phi) is 7.08. The SMILES string of the molecule is C=CN=C(c1cc[nH]c1C)C1CC[C@H](C(=O)N[C@@H](C)[C@@H](O)c2cc(C)c(C)cn2)C2(CC1)CC2. The number of aromatic amines is 1. The van der Waals surface area contributed by atoms with Crippen LogP contribution in [0.15, 0.2) is 42.3 Å². The molecule has 6 heteroatoms. The van der Waals surface area contributed by atoms with E-state index in [4.69, 9.17) is 0 Å². The first-order valence-corrected chi connectivity index (χ1v) is 12.5. The van der Waals surface area contributed by atoms with Gasteiger partial charge < -0.3 is 15.4 Å². The Hall–Kier alpha value is -2.73. The molecule has 0 radical (unpaired) electrons. The summed E-state index contributed by atoms with van der Waals surface area (Å²) in [4.78, 5) is 25.8. The number of nitrogens with zero attached hydrogens (tertiary/aromatic N) is 2. The summed E-state index contributed by atoms with van der Waals surface area (Å²) < 4.78 is 0. The molecule has 4 atom stereocenters. The van der Waals surface area contributed by atoms with Crippen molar-refractivity contribution in [2.24, 2.45) is 22.2 Å². The number of carbonyl (C=O) groups is 1. The minimum atomic E-state index is -0.833. The number of carbonyl (C=O) groups excluding carboxylic acids is 1. The molecule has 182 valence electrons. The van der Waals surface area contributed by atoms with Crippen molar-refractivity contribution >= 4 is 11.6 Å². The van der Waals surface area contributed by atoms with Gasteiger partial charge in [0.1, 0.15) is 6.10 Å². The lowest BCUT2D eigenvalue weighted by Gasteiger charge is -2.27. The first-order chi connectivity index (χ1) is 16.3. The average Bonchev–Trinajstić information content (AvgIpc) is 3.52. The van der Waals surface area contributed by atoms with Crippen LogP contribution < -0.4 is 5.32 Å². The molecule has 6 nitrogen and oxygen atoms in total. The summed E-state index contributed by atoms with van der Waals surface area (Å²) in [7, 11) is 0. The Morgan fingerprint density at radius 1 is 1.26 bits per heavy atom. The molecule has 1 spiro atoms. The van der Waals surface area contributed by atoms with Crippen LogP contribution in [0.2, 0.25) is 0 Å². The first-order valence-electron chi connectivity index (χ1n) is 12.5. The van der Waals surface area contributed by atoms with E-state index in [2.05, 4.69) is 39.8 Å². The fourth-order valence-electron chi connectivity index (χ4n) is 5.59. The second-order valence-corrected chi connectivity index (χ2v) is 10.4. The number of aliphatic imine (C=N–C) groups is 1. The third-order valence-electron chi connectivity index (χ3n) is 8.13. The monoisotopic (exact) mass is 462 g/mol. The van der Waals surface area contributed by atoms with Crippen molar-refractivity contribution in [2.45, 2.75) is 78.4 Å². The molecule has 3 N–H and O–H groups in total. The van der Waals surface area contributed by atoms with Crippen LogP contribution in [0.4, 0.5) is 0 Å². The smallest absolute Gasteiger partial charge is 0.223 e. The Labute approximate surface area is 203 Å². The van der Waals surface area contributed by atoms with E-state index in [1.54, 1.807) is 12.4 Å². The predicted octanol–water partition coefficient (Wildman–Crippen LogP) is 5.09. The number of amides is 1. The summed E-state index contributed by atoms with van der Waals surface area (Å²) in [6.07, 6.45) is 10.6. The summed E-state index contributed by atoms with van der Waals surface area (Å²) in [6.45, 7) is 11.8. The summed E-state index contributed by atoms with van der Waals surface area (Å²) >= 11 is 0. The van der Waals surface area contributed by atoms with Gasteiger partial charge in [-0.15, -0.1) is 0 Å². The van der Waals surface area contributed by atoms with Gasteiger partial charge in [0.05, 0.1) is 17.4 Å². The van der Waals surface area contributed by atoms with E-state index in [1.807, 2.05) is 33.0 Å². The number of aliphatic hydroxyl groups is 1. The van der Waals surface area contributed by atoms with Crippen LogP contribution in [-0.2, 0) is 4.79 Å². The number of aryl methyl sites for hydroxylation is 3. The zero-order valence-corrected chi connectivity index (χ0v) is 20.9. The van der Waals surface area contributed by atoms with Gasteiger partial charge in [0, 0.05) is 41.7 Å². The van der Waals surface area contributed by atoms with Gasteiger partial charge in [-0.05, 0) is 94.9 Å². The fourth-order valence-corrected chi connectivity index (χ4v) is 5.59. The van der Waals surface area contributed by atoms with E-state index in [9.17, 15) is 9.90 Å². The normalized spacial score (nSPS) is 23.7. The molecule has 4 rings (SSSR count). The van der Waals surface area contributed by atoms with Crippen molar-refractivity contribution in [1.82, 2.24) is 15.3 Å². The molecule has 2 saturated carbocycles. The number of H-pyrrole nitrogens is 1. The van der Waals surface area contributed by atoms with Gasteiger partial charge in [0.25, 0.3) is 0 Å². The Bertz CT molecular complexity index is 1080. The van der Waals surface area contributed by atoms with Crippen molar-refractivity contribution in [1.29, 1.82) is 0 Å². The molecule has 0 saturated heterocycles. The lowest BCUT2D eigenvalue weighted by atomic mass is 9.83. The maximum atomic E-state index is 13.5. The van der Waals surface area contributed by atoms with Gasteiger partial charge in [0.15, 0.2) is 0 Å². The third kappa shape index (κ3) is 4.88. The molecule has 2 aliphatic rings.